The van der Waals surface area contributed by atoms with E-state index in [-0.39, 0.29) is 6.09 Å². The van der Waals surface area contributed by atoms with Crippen molar-refractivity contribution in [3.8, 4) is 0 Å². The number of amides is 1. The molecule has 0 radical (unpaired) electrons. The van der Waals surface area contributed by atoms with E-state index in [0.29, 0.717) is 18.7 Å². The summed E-state index contributed by atoms with van der Waals surface area (Å²) >= 11 is 5.92. The van der Waals surface area contributed by atoms with Crippen LogP contribution in [0.15, 0.2) is 29.8 Å². The van der Waals surface area contributed by atoms with Gasteiger partial charge in [0.1, 0.15) is 0 Å². The highest BCUT2D eigenvalue weighted by molar-refractivity contribution is 6.30. The molecule has 0 spiro atoms. The summed E-state index contributed by atoms with van der Waals surface area (Å²) in [5, 5.41) is 0.759. The van der Waals surface area contributed by atoms with E-state index in [1.807, 2.05) is 36.1 Å². The van der Waals surface area contributed by atoms with Crippen molar-refractivity contribution in [2.24, 2.45) is 0 Å². The SMILES string of the molecule is CCOC(=O)N1C2CCC1CC(=Cc1ccc(Cl)cc1)C2. The van der Waals surface area contributed by atoms with Gasteiger partial charge in [0.05, 0.1) is 6.61 Å². The molecular weight excluding hydrogens is 286 g/mol. The highest BCUT2D eigenvalue weighted by Crippen LogP contribution is 2.39. The van der Waals surface area contributed by atoms with E-state index >= 15 is 0 Å². The Morgan fingerprint density at radius 3 is 2.48 bits per heavy atom. The molecule has 0 aromatic heterocycles. The number of hydrogen-bond donors (Lipinski definition) is 0. The van der Waals surface area contributed by atoms with Crippen molar-refractivity contribution in [3.05, 3.63) is 40.4 Å². The fraction of sp³-hybridized carbons (Fsp3) is 0.471. The average molecular weight is 306 g/mol. The van der Waals surface area contributed by atoms with Crippen LogP contribution < -0.4 is 0 Å². The summed E-state index contributed by atoms with van der Waals surface area (Å²) in [4.78, 5) is 14.0. The molecule has 2 unspecified atom stereocenters. The standard InChI is InChI=1S/C17H20ClNO2/c1-2-21-17(20)19-15-7-8-16(19)11-13(10-15)9-12-3-5-14(18)6-4-12/h3-6,9,15-16H,2,7-8,10-11H2,1H3. The number of halogens is 1. The van der Waals surface area contributed by atoms with Crippen molar-refractivity contribution in [3.63, 3.8) is 0 Å². The fourth-order valence-electron chi connectivity index (χ4n) is 3.46. The second kappa shape index (κ2) is 6.10. The van der Waals surface area contributed by atoms with Gasteiger partial charge in [0.25, 0.3) is 0 Å². The monoisotopic (exact) mass is 305 g/mol. The highest BCUT2D eigenvalue weighted by Gasteiger charge is 2.41. The molecule has 0 saturated carbocycles. The lowest BCUT2D eigenvalue weighted by Crippen LogP contribution is -2.44. The van der Waals surface area contributed by atoms with E-state index in [9.17, 15) is 4.79 Å². The molecule has 2 bridgehead atoms. The number of rotatable bonds is 2. The molecule has 21 heavy (non-hydrogen) atoms. The van der Waals surface area contributed by atoms with Crippen molar-refractivity contribution >= 4 is 23.8 Å². The van der Waals surface area contributed by atoms with Crippen LogP contribution in [0.5, 0.6) is 0 Å². The minimum atomic E-state index is -0.143. The number of carbonyl (C=O) groups excluding carboxylic acids is 1. The molecule has 0 N–H and O–H groups in total. The topological polar surface area (TPSA) is 29.5 Å². The number of ether oxygens (including phenoxy) is 1. The van der Waals surface area contributed by atoms with E-state index in [1.165, 1.54) is 11.1 Å². The predicted molar refractivity (Wildman–Crippen MR) is 84.3 cm³/mol. The lowest BCUT2D eigenvalue weighted by atomic mass is 9.95. The maximum atomic E-state index is 12.0. The first-order chi connectivity index (χ1) is 10.2. The van der Waals surface area contributed by atoms with Crippen LogP contribution in [0, 0.1) is 0 Å². The van der Waals surface area contributed by atoms with Crippen molar-refractivity contribution in [1.82, 2.24) is 4.90 Å². The summed E-state index contributed by atoms with van der Waals surface area (Å²) < 4.78 is 5.18. The lowest BCUT2D eigenvalue weighted by Gasteiger charge is -2.35. The Balaban J connectivity index is 1.73. The molecule has 0 aliphatic carbocycles. The highest BCUT2D eigenvalue weighted by atomic mass is 35.5. The summed E-state index contributed by atoms with van der Waals surface area (Å²) in [7, 11) is 0. The van der Waals surface area contributed by atoms with E-state index in [4.69, 9.17) is 16.3 Å². The largest absolute Gasteiger partial charge is 0.450 e. The molecule has 2 heterocycles. The zero-order valence-electron chi connectivity index (χ0n) is 12.2. The number of hydrogen-bond acceptors (Lipinski definition) is 2. The maximum Gasteiger partial charge on any atom is 0.410 e. The van der Waals surface area contributed by atoms with Crippen molar-refractivity contribution in [2.45, 2.75) is 44.7 Å². The van der Waals surface area contributed by atoms with Crippen LogP contribution in [0.25, 0.3) is 6.08 Å². The predicted octanol–water partition coefficient (Wildman–Crippen LogP) is 4.51. The number of piperidine rings is 1. The van der Waals surface area contributed by atoms with Crippen molar-refractivity contribution in [1.29, 1.82) is 0 Å². The van der Waals surface area contributed by atoms with E-state index in [1.54, 1.807) is 0 Å². The molecule has 2 aliphatic rings. The molecule has 1 aromatic carbocycles. The number of carbonyl (C=O) groups is 1. The maximum absolute atomic E-state index is 12.0. The van der Waals surface area contributed by atoms with Crippen LogP contribution in [0.2, 0.25) is 5.02 Å². The second-order valence-corrected chi connectivity index (χ2v) is 6.19. The summed E-state index contributed by atoms with van der Waals surface area (Å²) in [5.74, 6) is 0. The molecule has 1 amide bonds. The van der Waals surface area contributed by atoms with E-state index in [2.05, 4.69) is 6.08 Å². The van der Waals surface area contributed by atoms with Gasteiger partial charge in [0, 0.05) is 17.1 Å². The molecule has 3 rings (SSSR count). The minimum Gasteiger partial charge on any atom is -0.450 e. The normalized spacial score (nSPS) is 24.1. The Morgan fingerprint density at radius 1 is 1.29 bits per heavy atom. The molecule has 2 aliphatic heterocycles. The molecule has 2 fully saturated rings. The van der Waals surface area contributed by atoms with Gasteiger partial charge in [-0.15, -0.1) is 0 Å². The van der Waals surface area contributed by atoms with Crippen LogP contribution >= 0.6 is 11.6 Å². The van der Waals surface area contributed by atoms with E-state index in [0.717, 1.165) is 30.7 Å². The Labute approximate surface area is 130 Å². The van der Waals surface area contributed by atoms with Crippen LogP contribution in [-0.4, -0.2) is 29.7 Å². The van der Waals surface area contributed by atoms with Gasteiger partial charge in [-0.2, -0.15) is 0 Å². The Kier molecular flexibility index (Phi) is 4.20. The van der Waals surface area contributed by atoms with Crippen LogP contribution in [0.1, 0.15) is 38.2 Å². The van der Waals surface area contributed by atoms with Crippen LogP contribution in [0.4, 0.5) is 4.79 Å². The first-order valence-corrected chi connectivity index (χ1v) is 7.95. The average Bonchev–Trinajstić information content (AvgIpc) is 2.73. The third-order valence-corrected chi connectivity index (χ3v) is 4.59. The van der Waals surface area contributed by atoms with Gasteiger partial charge in [-0.1, -0.05) is 35.4 Å². The van der Waals surface area contributed by atoms with Gasteiger partial charge in [-0.05, 0) is 50.3 Å². The number of nitrogens with zero attached hydrogens (tertiary/aromatic N) is 1. The molecule has 3 nitrogen and oxygen atoms in total. The van der Waals surface area contributed by atoms with Gasteiger partial charge >= 0.3 is 6.09 Å². The zero-order chi connectivity index (χ0) is 14.8. The number of fused-ring (bicyclic) bond motifs is 2. The third-order valence-electron chi connectivity index (χ3n) is 4.33. The minimum absolute atomic E-state index is 0.143. The summed E-state index contributed by atoms with van der Waals surface area (Å²) in [5.41, 5.74) is 2.60. The molecule has 4 heteroatoms. The van der Waals surface area contributed by atoms with Crippen LogP contribution in [-0.2, 0) is 4.74 Å². The van der Waals surface area contributed by atoms with Crippen molar-refractivity contribution < 1.29 is 9.53 Å². The first-order valence-electron chi connectivity index (χ1n) is 7.57. The molecule has 1 aromatic rings. The van der Waals surface area contributed by atoms with Gasteiger partial charge in [0.15, 0.2) is 0 Å². The first kappa shape index (κ1) is 14.5. The Hall–Kier alpha value is -1.48. The quantitative estimate of drug-likeness (QED) is 0.804. The smallest absolute Gasteiger partial charge is 0.410 e. The summed E-state index contributed by atoms with van der Waals surface area (Å²) in [6.45, 7) is 2.30. The van der Waals surface area contributed by atoms with Gasteiger partial charge < -0.3 is 9.64 Å². The molecule has 2 saturated heterocycles. The fourth-order valence-corrected chi connectivity index (χ4v) is 3.59. The third kappa shape index (κ3) is 3.08. The van der Waals surface area contributed by atoms with Crippen molar-refractivity contribution in [2.75, 3.05) is 6.61 Å². The molecular formula is C17H20ClNO2. The summed E-state index contributed by atoms with van der Waals surface area (Å²) in [6, 6.07) is 8.51. The zero-order valence-corrected chi connectivity index (χ0v) is 13.0. The van der Waals surface area contributed by atoms with E-state index < -0.39 is 0 Å². The Morgan fingerprint density at radius 2 is 1.90 bits per heavy atom. The van der Waals surface area contributed by atoms with Gasteiger partial charge in [-0.25, -0.2) is 4.79 Å². The summed E-state index contributed by atoms with van der Waals surface area (Å²) in [6.07, 6.45) is 6.18. The second-order valence-electron chi connectivity index (χ2n) is 5.75. The van der Waals surface area contributed by atoms with Crippen LogP contribution in [0.3, 0.4) is 0 Å². The van der Waals surface area contributed by atoms with Gasteiger partial charge in [-0.3, -0.25) is 0 Å². The Bertz CT molecular complexity index is 536. The lowest BCUT2D eigenvalue weighted by molar-refractivity contribution is 0.0815. The van der Waals surface area contributed by atoms with Gasteiger partial charge in [0.2, 0.25) is 0 Å². The molecule has 112 valence electrons. The number of benzene rings is 1. The molecule has 2 atom stereocenters.